The Hall–Kier alpha value is -1.67. The number of hydrogen-bond acceptors (Lipinski definition) is 2. The molecular weight excluding hydrogens is 270 g/mol. The molecule has 2 aromatic rings. The molecule has 2 nitrogen and oxygen atoms in total. The van der Waals surface area contributed by atoms with Crippen LogP contribution in [0.4, 0.5) is 5.69 Å². The highest BCUT2D eigenvalue weighted by molar-refractivity contribution is 6.33. The highest BCUT2D eigenvalue weighted by atomic mass is 35.5. The summed E-state index contributed by atoms with van der Waals surface area (Å²) in [6, 6.07) is 14.3. The van der Waals surface area contributed by atoms with Crippen molar-refractivity contribution < 1.29 is 4.74 Å². The molecule has 3 heteroatoms. The molecule has 0 aromatic heterocycles. The topological polar surface area (TPSA) is 21.3 Å². The normalized spacial score (nSPS) is 12.0. The molecule has 0 spiro atoms. The van der Waals surface area contributed by atoms with Gasteiger partial charge in [-0.3, -0.25) is 0 Å². The van der Waals surface area contributed by atoms with Gasteiger partial charge in [-0.1, -0.05) is 42.8 Å². The summed E-state index contributed by atoms with van der Waals surface area (Å²) in [5, 5.41) is 4.26. The van der Waals surface area contributed by atoms with Gasteiger partial charge in [0.15, 0.2) is 0 Å². The number of rotatable bonds is 5. The molecule has 0 amide bonds. The highest BCUT2D eigenvalue weighted by Crippen LogP contribution is 2.32. The first-order chi connectivity index (χ1) is 9.65. The van der Waals surface area contributed by atoms with E-state index >= 15 is 0 Å². The Morgan fingerprint density at radius 1 is 1.20 bits per heavy atom. The molecule has 106 valence electrons. The maximum absolute atomic E-state index is 6.26. The Kier molecular flexibility index (Phi) is 4.91. The second-order valence-corrected chi connectivity index (χ2v) is 5.24. The van der Waals surface area contributed by atoms with Crippen molar-refractivity contribution in [3.05, 3.63) is 58.6 Å². The van der Waals surface area contributed by atoms with Crippen LogP contribution in [0.2, 0.25) is 5.02 Å². The number of anilines is 1. The quantitative estimate of drug-likeness (QED) is 0.815. The zero-order valence-electron chi connectivity index (χ0n) is 12.1. The number of benzene rings is 2. The van der Waals surface area contributed by atoms with Crippen LogP contribution < -0.4 is 10.1 Å². The van der Waals surface area contributed by atoms with E-state index in [2.05, 4.69) is 31.3 Å². The summed E-state index contributed by atoms with van der Waals surface area (Å²) in [4.78, 5) is 0. The zero-order chi connectivity index (χ0) is 14.5. The molecule has 0 bridgehead atoms. The molecule has 20 heavy (non-hydrogen) atoms. The van der Waals surface area contributed by atoms with Gasteiger partial charge in [0, 0.05) is 5.56 Å². The lowest BCUT2D eigenvalue weighted by molar-refractivity contribution is 0.406. The molecule has 2 rings (SSSR count). The molecule has 0 fully saturated rings. The largest absolute Gasteiger partial charge is 0.496 e. The van der Waals surface area contributed by atoms with Gasteiger partial charge in [0.2, 0.25) is 0 Å². The van der Waals surface area contributed by atoms with E-state index in [1.54, 1.807) is 7.11 Å². The van der Waals surface area contributed by atoms with Crippen molar-refractivity contribution in [2.75, 3.05) is 12.4 Å². The highest BCUT2D eigenvalue weighted by Gasteiger charge is 2.15. The molecule has 0 aliphatic carbocycles. The van der Waals surface area contributed by atoms with Crippen molar-refractivity contribution in [2.24, 2.45) is 0 Å². The number of ether oxygens (including phenoxy) is 1. The van der Waals surface area contributed by atoms with Gasteiger partial charge in [0.1, 0.15) is 5.75 Å². The number of halogens is 1. The van der Waals surface area contributed by atoms with E-state index < -0.39 is 0 Å². The van der Waals surface area contributed by atoms with Gasteiger partial charge in [0.05, 0.1) is 23.9 Å². The minimum absolute atomic E-state index is 0.172. The lowest BCUT2D eigenvalue weighted by Gasteiger charge is -2.22. The second kappa shape index (κ2) is 6.67. The maximum Gasteiger partial charge on any atom is 0.124 e. The Bertz CT molecular complexity index is 583. The first kappa shape index (κ1) is 14.7. The van der Waals surface area contributed by atoms with E-state index in [9.17, 15) is 0 Å². The smallest absolute Gasteiger partial charge is 0.124 e. The van der Waals surface area contributed by atoms with Gasteiger partial charge in [-0.05, 0) is 37.1 Å². The zero-order valence-corrected chi connectivity index (χ0v) is 12.9. The summed E-state index contributed by atoms with van der Waals surface area (Å²) in [5.74, 6) is 0.899. The summed E-state index contributed by atoms with van der Waals surface area (Å²) in [7, 11) is 1.70. The summed E-state index contributed by atoms with van der Waals surface area (Å²) in [5.41, 5.74) is 3.30. The molecule has 0 saturated carbocycles. The lowest BCUT2D eigenvalue weighted by atomic mass is 10.0. The molecule has 0 aliphatic rings. The maximum atomic E-state index is 6.26. The first-order valence-corrected chi connectivity index (χ1v) is 7.19. The molecular formula is C17H20ClNO. The van der Waals surface area contributed by atoms with E-state index in [-0.39, 0.29) is 6.04 Å². The molecule has 1 atom stereocenters. The van der Waals surface area contributed by atoms with Gasteiger partial charge >= 0.3 is 0 Å². The van der Waals surface area contributed by atoms with Crippen molar-refractivity contribution in [1.82, 2.24) is 0 Å². The van der Waals surface area contributed by atoms with Crippen LogP contribution in [-0.4, -0.2) is 7.11 Å². The number of methoxy groups -OCH3 is 1. The van der Waals surface area contributed by atoms with Crippen LogP contribution in [0.5, 0.6) is 5.75 Å². The van der Waals surface area contributed by atoms with Gasteiger partial charge < -0.3 is 10.1 Å². The Morgan fingerprint density at radius 2 is 1.95 bits per heavy atom. The summed E-state index contributed by atoms with van der Waals surface area (Å²) >= 11 is 6.26. The minimum atomic E-state index is 0.172. The van der Waals surface area contributed by atoms with Crippen LogP contribution in [0.1, 0.15) is 30.5 Å². The molecule has 1 N–H and O–H groups in total. The van der Waals surface area contributed by atoms with Crippen molar-refractivity contribution >= 4 is 17.3 Å². The van der Waals surface area contributed by atoms with E-state index in [1.807, 2.05) is 30.3 Å². The van der Waals surface area contributed by atoms with Crippen LogP contribution in [0, 0.1) is 6.92 Å². The van der Waals surface area contributed by atoms with Crippen LogP contribution in [0.25, 0.3) is 0 Å². The third-order valence-electron chi connectivity index (χ3n) is 3.37. The van der Waals surface area contributed by atoms with E-state index in [4.69, 9.17) is 16.3 Å². The third-order valence-corrected chi connectivity index (χ3v) is 3.70. The Balaban J connectivity index is 2.31. The first-order valence-electron chi connectivity index (χ1n) is 6.81. The molecule has 0 heterocycles. The summed E-state index contributed by atoms with van der Waals surface area (Å²) < 4.78 is 5.45. The van der Waals surface area contributed by atoms with Crippen molar-refractivity contribution in [3.63, 3.8) is 0 Å². The average molecular weight is 290 g/mol. The fraction of sp³-hybridized carbons (Fsp3) is 0.294. The summed E-state index contributed by atoms with van der Waals surface area (Å²) in [6.45, 7) is 4.21. The van der Waals surface area contributed by atoms with Crippen molar-refractivity contribution in [1.29, 1.82) is 0 Å². The average Bonchev–Trinajstić information content (AvgIpc) is 2.48. The minimum Gasteiger partial charge on any atom is -0.496 e. The Morgan fingerprint density at radius 3 is 2.65 bits per heavy atom. The van der Waals surface area contributed by atoms with Gasteiger partial charge in [-0.15, -0.1) is 0 Å². The van der Waals surface area contributed by atoms with E-state index in [1.165, 1.54) is 5.56 Å². The number of hydrogen-bond donors (Lipinski definition) is 1. The molecule has 0 saturated heterocycles. The fourth-order valence-corrected chi connectivity index (χ4v) is 2.46. The predicted octanol–water partition coefficient (Wildman–Crippen LogP) is 5.22. The second-order valence-electron chi connectivity index (χ2n) is 4.83. The van der Waals surface area contributed by atoms with Gasteiger partial charge in [-0.25, -0.2) is 0 Å². The van der Waals surface area contributed by atoms with Gasteiger partial charge in [-0.2, -0.15) is 0 Å². The number of para-hydroxylation sites is 1. The Labute approximate surface area is 125 Å². The SMILES string of the molecule is CCC(Nc1cc(C)ccc1Cl)c1ccccc1OC. The molecule has 1 unspecified atom stereocenters. The van der Waals surface area contributed by atoms with Crippen LogP contribution >= 0.6 is 11.6 Å². The molecule has 0 aliphatic heterocycles. The van der Waals surface area contributed by atoms with Crippen LogP contribution in [0.15, 0.2) is 42.5 Å². The number of nitrogens with one attached hydrogen (secondary N) is 1. The third kappa shape index (κ3) is 3.26. The van der Waals surface area contributed by atoms with Crippen molar-refractivity contribution in [3.8, 4) is 5.75 Å². The lowest BCUT2D eigenvalue weighted by Crippen LogP contribution is -2.11. The van der Waals surface area contributed by atoms with Crippen LogP contribution in [-0.2, 0) is 0 Å². The standard InChI is InChI=1S/C17H20ClNO/c1-4-15(13-7-5-6-8-17(13)20-3)19-16-11-12(2)9-10-14(16)18/h5-11,15,19H,4H2,1-3H3. The molecule has 0 radical (unpaired) electrons. The molecule has 2 aromatic carbocycles. The van der Waals surface area contributed by atoms with E-state index in [0.29, 0.717) is 0 Å². The fourth-order valence-electron chi connectivity index (χ4n) is 2.29. The number of aryl methyl sites for hydroxylation is 1. The van der Waals surface area contributed by atoms with E-state index in [0.717, 1.165) is 28.4 Å². The van der Waals surface area contributed by atoms with Crippen molar-refractivity contribution in [2.45, 2.75) is 26.3 Å². The summed E-state index contributed by atoms with van der Waals surface area (Å²) in [6.07, 6.45) is 0.949. The monoisotopic (exact) mass is 289 g/mol. The predicted molar refractivity (Wildman–Crippen MR) is 85.8 cm³/mol. The van der Waals surface area contributed by atoms with Crippen LogP contribution in [0.3, 0.4) is 0 Å². The van der Waals surface area contributed by atoms with Gasteiger partial charge in [0.25, 0.3) is 0 Å².